The maximum absolute atomic E-state index is 10.6. The molecule has 20 heavy (non-hydrogen) atoms. The maximum Gasteiger partial charge on any atom is 0.320 e. The van der Waals surface area contributed by atoms with Crippen LogP contribution < -0.4 is 5.73 Å². The van der Waals surface area contributed by atoms with Crippen molar-refractivity contribution in [1.29, 1.82) is 0 Å². The van der Waals surface area contributed by atoms with Gasteiger partial charge in [-0.3, -0.25) is 4.79 Å². The molecule has 0 saturated carbocycles. The van der Waals surface area contributed by atoms with Crippen LogP contribution in [-0.4, -0.2) is 32.6 Å². The average molecular weight is 322 g/mol. The molecule has 0 amide bonds. The van der Waals surface area contributed by atoms with Gasteiger partial charge in [0.2, 0.25) is 0 Å². The third-order valence-electron chi connectivity index (χ3n) is 2.50. The van der Waals surface area contributed by atoms with E-state index in [4.69, 9.17) is 10.8 Å². The monoisotopic (exact) mass is 321 g/mol. The topological polar surface area (TPSA) is 124 Å². The molecule has 0 aliphatic heterocycles. The Morgan fingerprint density at radius 3 is 2.35 bits per heavy atom. The molecule has 0 spiro atoms. The highest BCUT2D eigenvalue weighted by atomic mass is 35.5. The van der Waals surface area contributed by atoms with Crippen molar-refractivity contribution in [2.24, 2.45) is 5.73 Å². The number of rotatable bonds is 4. The molecule has 0 radical (unpaired) electrons. The summed E-state index contributed by atoms with van der Waals surface area (Å²) in [4.78, 5) is 17.8. The summed E-state index contributed by atoms with van der Waals surface area (Å²) in [5.41, 5.74) is 7.32. The Morgan fingerprint density at radius 2 is 1.90 bits per heavy atom. The molecule has 2 rings (SSSR count). The molecule has 0 saturated heterocycles. The Hall–Kier alpha value is -1.60. The number of aromatic nitrogens is 2. The van der Waals surface area contributed by atoms with Gasteiger partial charge in [-0.1, -0.05) is 24.3 Å². The minimum Gasteiger partial charge on any atom is -0.480 e. The van der Waals surface area contributed by atoms with Gasteiger partial charge in [-0.25, -0.2) is 4.98 Å². The molecule has 8 heteroatoms. The van der Waals surface area contributed by atoms with Crippen molar-refractivity contribution in [2.45, 2.75) is 12.5 Å². The molecule has 0 fully saturated rings. The second-order valence-corrected chi connectivity index (χ2v) is 3.78. The number of carboxylic acid groups (broad SMARTS) is 1. The average Bonchev–Trinajstić information content (AvgIpc) is 2.83. The molecule has 112 valence electrons. The normalized spacial score (nSPS) is 10.4. The van der Waals surface area contributed by atoms with Gasteiger partial charge in [0.1, 0.15) is 11.9 Å². The van der Waals surface area contributed by atoms with Crippen LogP contribution in [0.3, 0.4) is 0 Å². The number of hydrogen-bond acceptors (Lipinski definition) is 3. The lowest BCUT2D eigenvalue weighted by Crippen LogP contribution is -2.32. The van der Waals surface area contributed by atoms with Gasteiger partial charge in [-0.05, 0) is 12.0 Å². The number of nitrogens with two attached hydrogens (primary N) is 1. The van der Waals surface area contributed by atoms with Crippen LogP contribution in [0.1, 0.15) is 5.56 Å². The molecule has 1 unspecified atom stereocenters. The second-order valence-electron chi connectivity index (χ2n) is 3.78. The Balaban J connectivity index is 0. The quantitative estimate of drug-likeness (QED) is 0.778. The van der Waals surface area contributed by atoms with Gasteiger partial charge in [0.15, 0.2) is 0 Å². The zero-order valence-corrected chi connectivity index (χ0v) is 12.1. The summed E-state index contributed by atoms with van der Waals surface area (Å²) in [6.07, 6.45) is 3.76. The van der Waals surface area contributed by atoms with Gasteiger partial charge < -0.3 is 21.3 Å². The lowest BCUT2D eigenvalue weighted by Gasteiger charge is -2.06. The molecule has 1 aromatic heterocycles. The lowest BCUT2D eigenvalue weighted by atomic mass is 10.0. The van der Waals surface area contributed by atoms with Crippen molar-refractivity contribution in [2.75, 3.05) is 0 Å². The Bertz CT molecular complexity index is 503. The van der Waals surface area contributed by atoms with Crippen LogP contribution in [-0.2, 0) is 11.2 Å². The van der Waals surface area contributed by atoms with Crippen molar-refractivity contribution in [3.63, 3.8) is 0 Å². The summed E-state index contributed by atoms with van der Waals surface area (Å²) in [6.45, 7) is 0. The first-order chi connectivity index (χ1) is 8.16. The number of nitrogens with zero attached hydrogens (tertiary/aromatic N) is 1. The van der Waals surface area contributed by atoms with E-state index in [0.717, 1.165) is 17.0 Å². The molecule has 0 aliphatic rings. The number of halogens is 2. The Labute approximate surface area is 128 Å². The van der Waals surface area contributed by atoms with E-state index < -0.39 is 12.0 Å². The van der Waals surface area contributed by atoms with Gasteiger partial charge >= 0.3 is 5.97 Å². The molecule has 6 nitrogen and oxygen atoms in total. The minimum atomic E-state index is -0.986. The van der Waals surface area contributed by atoms with E-state index in [-0.39, 0.29) is 30.3 Å². The van der Waals surface area contributed by atoms with E-state index in [0.29, 0.717) is 6.42 Å². The molecular weight excluding hydrogens is 305 g/mol. The number of imidazole rings is 1. The molecule has 0 aliphatic carbocycles. The third-order valence-corrected chi connectivity index (χ3v) is 2.50. The molecule has 0 bridgehead atoms. The van der Waals surface area contributed by atoms with Crippen LogP contribution >= 0.6 is 24.8 Å². The molecule has 2 aromatic rings. The fraction of sp³-hybridized carbons (Fsp3) is 0.167. The second kappa shape index (κ2) is 9.33. The first kappa shape index (κ1) is 20.7. The van der Waals surface area contributed by atoms with Crippen molar-refractivity contribution in [1.82, 2.24) is 9.97 Å². The Kier molecular flexibility index (Phi) is 9.66. The van der Waals surface area contributed by atoms with Crippen molar-refractivity contribution in [3.8, 4) is 11.4 Å². The fourth-order valence-corrected chi connectivity index (χ4v) is 1.56. The maximum atomic E-state index is 10.6. The van der Waals surface area contributed by atoms with Gasteiger partial charge in [-0.2, -0.15) is 0 Å². The first-order valence-corrected chi connectivity index (χ1v) is 5.24. The first-order valence-electron chi connectivity index (χ1n) is 5.24. The van der Waals surface area contributed by atoms with Gasteiger partial charge in [0.05, 0.1) is 0 Å². The fourth-order valence-electron chi connectivity index (χ4n) is 1.56. The van der Waals surface area contributed by atoms with Crippen LogP contribution in [0, 0.1) is 0 Å². The largest absolute Gasteiger partial charge is 0.480 e. The van der Waals surface area contributed by atoms with E-state index in [1.54, 1.807) is 12.4 Å². The summed E-state index contributed by atoms with van der Waals surface area (Å²) >= 11 is 0. The van der Waals surface area contributed by atoms with E-state index in [9.17, 15) is 4.79 Å². The van der Waals surface area contributed by atoms with E-state index >= 15 is 0 Å². The molecular formula is C12H17Cl2N3O3. The molecule has 1 heterocycles. The molecule has 1 aromatic carbocycles. The van der Waals surface area contributed by atoms with Gasteiger partial charge in [0, 0.05) is 18.0 Å². The van der Waals surface area contributed by atoms with Crippen molar-refractivity contribution in [3.05, 3.63) is 42.2 Å². The number of carboxylic acids is 1. The number of carbonyl (C=O) groups is 1. The third kappa shape index (κ3) is 5.18. The summed E-state index contributed by atoms with van der Waals surface area (Å²) in [6, 6.07) is 6.65. The zero-order valence-electron chi connectivity index (χ0n) is 10.4. The van der Waals surface area contributed by atoms with Crippen molar-refractivity contribution < 1.29 is 15.4 Å². The van der Waals surface area contributed by atoms with E-state index in [1.165, 1.54) is 0 Å². The van der Waals surface area contributed by atoms with Gasteiger partial charge in [-0.15, -0.1) is 24.8 Å². The minimum absolute atomic E-state index is 0. The zero-order chi connectivity index (χ0) is 12.3. The molecule has 1 atom stereocenters. The number of hydrogen-bond donors (Lipinski definition) is 3. The molecule has 6 N–H and O–H groups in total. The van der Waals surface area contributed by atoms with E-state index in [1.807, 2.05) is 24.3 Å². The summed E-state index contributed by atoms with van der Waals surface area (Å²) in [7, 11) is 0. The summed E-state index contributed by atoms with van der Waals surface area (Å²) < 4.78 is 0. The van der Waals surface area contributed by atoms with Crippen LogP contribution in [0.25, 0.3) is 11.4 Å². The van der Waals surface area contributed by atoms with Crippen LogP contribution in [0.15, 0.2) is 36.7 Å². The SMILES string of the molecule is Cl.Cl.NC(Cc1ccc(-c2ncc[nH]2)cc1)C(=O)O.O. The highest BCUT2D eigenvalue weighted by Gasteiger charge is 2.11. The Morgan fingerprint density at radius 1 is 1.30 bits per heavy atom. The number of aliphatic carboxylic acids is 1. The predicted molar refractivity (Wildman–Crippen MR) is 81.4 cm³/mol. The standard InChI is InChI=1S/C12H13N3O2.2ClH.H2O/c13-10(12(16)17)7-8-1-3-9(4-2-8)11-14-5-6-15-11;;;/h1-6,10H,7,13H2,(H,14,15)(H,16,17);2*1H;1H2. The number of H-pyrrole nitrogens is 1. The predicted octanol–water partition coefficient (Wildman–Crippen LogP) is 1.05. The highest BCUT2D eigenvalue weighted by molar-refractivity contribution is 5.85. The van der Waals surface area contributed by atoms with Crippen LogP contribution in [0.5, 0.6) is 0 Å². The van der Waals surface area contributed by atoms with Crippen LogP contribution in [0.4, 0.5) is 0 Å². The highest BCUT2D eigenvalue weighted by Crippen LogP contribution is 2.15. The summed E-state index contributed by atoms with van der Waals surface area (Å²) in [5.74, 6) is -0.195. The number of nitrogens with one attached hydrogen (secondary N) is 1. The van der Waals surface area contributed by atoms with Crippen LogP contribution in [0.2, 0.25) is 0 Å². The van der Waals surface area contributed by atoms with E-state index in [2.05, 4.69) is 9.97 Å². The number of benzene rings is 1. The smallest absolute Gasteiger partial charge is 0.320 e. The lowest BCUT2D eigenvalue weighted by molar-refractivity contribution is -0.138. The van der Waals surface area contributed by atoms with Gasteiger partial charge in [0.25, 0.3) is 0 Å². The summed E-state index contributed by atoms with van der Waals surface area (Å²) in [5, 5.41) is 8.71. The van der Waals surface area contributed by atoms with Crippen molar-refractivity contribution >= 4 is 30.8 Å². The number of aromatic amines is 1.